The van der Waals surface area contributed by atoms with Crippen molar-refractivity contribution in [3.05, 3.63) is 83.4 Å². The van der Waals surface area contributed by atoms with Gasteiger partial charge in [-0.1, -0.05) is 23.7 Å². The molecule has 0 atom stereocenters. The lowest BCUT2D eigenvalue weighted by Gasteiger charge is -2.08. The van der Waals surface area contributed by atoms with Gasteiger partial charge >= 0.3 is 11.8 Å². The minimum Gasteiger partial charge on any atom is -0.497 e. The number of hydrazone groups is 1. The monoisotopic (exact) mass is 480 g/mol. The Balaban J connectivity index is 1.43. The smallest absolute Gasteiger partial charge is 0.329 e. The first-order valence-electron chi connectivity index (χ1n) is 9.99. The average molecular weight is 481 g/mol. The van der Waals surface area contributed by atoms with Gasteiger partial charge in [-0.3, -0.25) is 14.4 Å². The zero-order valence-electron chi connectivity index (χ0n) is 18.1. The number of nitrogens with zero attached hydrogens (tertiary/aromatic N) is 1. The Morgan fingerprint density at radius 3 is 2.29 bits per heavy atom. The summed E-state index contributed by atoms with van der Waals surface area (Å²) in [5.74, 6) is -1.11. The zero-order valence-corrected chi connectivity index (χ0v) is 18.8. The lowest BCUT2D eigenvalue weighted by Crippen LogP contribution is -2.32. The van der Waals surface area contributed by atoms with Gasteiger partial charge in [-0.15, -0.1) is 0 Å². The Bertz CT molecular complexity index is 1200. The van der Waals surface area contributed by atoms with Crippen molar-refractivity contribution in [1.29, 1.82) is 0 Å². The summed E-state index contributed by atoms with van der Waals surface area (Å²) in [5, 5.41) is 9.43. The van der Waals surface area contributed by atoms with Gasteiger partial charge in [0.05, 0.1) is 13.3 Å². The van der Waals surface area contributed by atoms with E-state index >= 15 is 0 Å². The molecule has 34 heavy (non-hydrogen) atoms. The van der Waals surface area contributed by atoms with E-state index in [1.807, 2.05) is 0 Å². The van der Waals surface area contributed by atoms with Crippen LogP contribution in [0.1, 0.15) is 5.56 Å². The van der Waals surface area contributed by atoms with Crippen molar-refractivity contribution in [2.75, 3.05) is 24.4 Å². The molecule has 3 amide bonds. The second kappa shape index (κ2) is 12.0. The van der Waals surface area contributed by atoms with E-state index in [0.717, 1.165) is 0 Å². The quantitative estimate of drug-likeness (QED) is 0.259. The van der Waals surface area contributed by atoms with Gasteiger partial charge in [0.15, 0.2) is 6.61 Å². The molecule has 0 spiro atoms. The van der Waals surface area contributed by atoms with Gasteiger partial charge in [0.1, 0.15) is 11.5 Å². The summed E-state index contributed by atoms with van der Waals surface area (Å²) in [6, 6.07) is 20.0. The molecular weight excluding hydrogens is 460 g/mol. The standard InChI is InChI=1S/C24H21ClN4O5/c1-33-21-7-3-6-19(13-21)28-23(31)24(32)29-26-14-16-8-10-20(11-9-16)34-15-22(30)27-18-5-2-4-17(25)12-18/h2-14H,15H2,1H3,(H,27,30)(H,28,31)(H,29,32)/b26-14-. The summed E-state index contributed by atoms with van der Waals surface area (Å²) in [4.78, 5) is 35.9. The fourth-order valence-corrected chi connectivity index (χ4v) is 2.86. The number of ether oxygens (including phenoxy) is 2. The highest BCUT2D eigenvalue weighted by Crippen LogP contribution is 2.17. The molecule has 0 bridgehead atoms. The SMILES string of the molecule is COc1cccc(NC(=O)C(=O)N/N=C\c2ccc(OCC(=O)Nc3cccc(Cl)c3)cc2)c1. The van der Waals surface area contributed by atoms with E-state index < -0.39 is 11.8 Å². The van der Waals surface area contributed by atoms with Crippen molar-refractivity contribution in [2.45, 2.75) is 0 Å². The van der Waals surface area contributed by atoms with E-state index in [4.69, 9.17) is 21.1 Å². The molecule has 0 saturated heterocycles. The molecule has 0 aliphatic carbocycles. The molecule has 3 aromatic carbocycles. The molecule has 10 heteroatoms. The molecule has 0 heterocycles. The van der Waals surface area contributed by atoms with Crippen LogP contribution >= 0.6 is 11.6 Å². The lowest BCUT2D eigenvalue weighted by molar-refractivity contribution is -0.136. The molecule has 3 aromatic rings. The Hall–Kier alpha value is -4.37. The largest absolute Gasteiger partial charge is 0.497 e. The van der Waals surface area contributed by atoms with Crippen molar-refractivity contribution in [3.8, 4) is 11.5 Å². The van der Waals surface area contributed by atoms with Crippen LogP contribution < -0.4 is 25.5 Å². The number of nitrogens with one attached hydrogen (secondary N) is 3. The van der Waals surface area contributed by atoms with Crippen LogP contribution in [0.3, 0.4) is 0 Å². The topological polar surface area (TPSA) is 118 Å². The molecule has 3 rings (SSSR count). The van der Waals surface area contributed by atoms with E-state index in [1.165, 1.54) is 13.3 Å². The van der Waals surface area contributed by atoms with Crippen LogP contribution in [-0.4, -0.2) is 37.7 Å². The van der Waals surface area contributed by atoms with Crippen molar-refractivity contribution >= 4 is 46.9 Å². The molecule has 3 N–H and O–H groups in total. The molecule has 0 saturated carbocycles. The molecule has 0 unspecified atom stereocenters. The molecular formula is C24H21ClN4O5. The fourth-order valence-electron chi connectivity index (χ4n) is 2.67. The van der Waals surface area contributed by atoms with Crippen molar-refractivity contribution in [1.82, 2.24) is 5.43 Å². The summed E-state index contributed by atoms with van der Waals surface area (Å²) in [7, 11) is 1.50. The summed E-state index contributed by atoms with van der Waals surface area (Å²) >= 11 is 5.89. The van der Waals surface area contributed by atoms with Crippen molar-refractivity contribution < 1.29 is 23.9 Å². The number of anilines is 2. The normalized spacial score (nSPS) is 10.4. The van der Waals surface area contributed by atoms with Crippen LogP contribution in [0.15, 0.2) is 77.9 Å². The van der Waals surface area contributed by atoms with E-state index in [2.05, 4.69) is 21.2 Å². The summed E-state index contributed by atoms with van der Waals surface area (Å²) < 4.78 is 10.5. The maximum absolute atomic E-state index is 12.0. The van der Waals surface area contributed by atoms with Crippen LogP contribution in [0.2, 0.25) is 5.02 Å². The predicted octanol–water partition coefficient (Wildman–Crippen LogP) is 3.45. The van der Waals surface area contributed by atoms with E-state index in [-0.39, 0.29) is 12.5 Å². The first-order valence-corrected chi connectivity index (χ1v) is 10.4. The molecule has 9 nitrogen and oxygen atoms in total. The first kappa shape index (κ1) is 24.3. The molecule has 0 aromatic heterocycles. The Kier molecular flexibility index (Phi) is 8.59. The van der Waals surface area contributed by atoms with Crippen LogP contribution in [0.4, 0.5) is 11.4 Å². The average Bonchev–Trinajstić information content (AvgIpc) is 2.83. The van der Waals surface area contributed by atoms with E-state index in [9.17, 15) is 14.4 Å². The van der Waals surface area contributed by atoms with Crippen LogP contribution in [0, 0.1) is 0 Å². The molecule has 0 aliphatic rings. The molecule has 0 radical (unpaired) electrons. The lowest BCUT2D eigenvalue weighted by atomic mass is 10.2. The zero-order chi connectivity index (χ0) is 24.3. The maximum Gasteiger partial charge on any atom is 0.329 e. The predicted molar refractivity (Wildman–Crippen MR) is 129 cm³/mol. The van der Waals surface area contributed by atoms with Gasteiger partial charge < -0.3 is 20.1 Å². The number of hydrogen-bond donors (Lipinski definition) is 3. The number of benzene rings is 3. The molecule has 0 fully saturated rings. The minimum atomic E-state index is -0.926. The van der Waals surface area contributed by atoms with Crippen LogP contribution in [-0.2, 0) is 14.4 Å². The summed E-state index contributed by atoms with van der Waals surface area (Å²) in [6.45, 7) is -0.182. The van der Waals surface area contributed by atoms with Gasteiger partial charge in [-0.25, -0.2) is 5.43 Å². The van der Waals surface area contributed by atoms with Gasteiger partial charge in [-0.2, -0.15) is 5.10 Å². The maximum atomic E-state index is 12.0. The summed E-state index contributed by atoms with van der Waals surface area (Å²) in [6.07, 6.45) is 1.37. The van der Waals surface area contributed by atoms with Gasteiger partial charge in [-0.05, 0) is 60.2 Å². The molecule has 0 aliphatic heterocycles. The minimum absolute atomic E-state index is 0.182. The second-order valence-electron chi connectivity index (χ2n) is 6.80. The number of carbonyl (C=O) groups excluding carboxylic acids is 3. The number of hydrogen-bond acceptors (Lipinski definition) is 6. The van der Waals surface area contributed by atoms with Gasteiger partial charge in [0, 0.05) is 22.5 Å². The first-order chi connectivity index (χ1) is 16.4. The highest BCUT2D eigenvalue weighted by Gasteiger charge is 2.13. The van der Waals surface area contributed by atoms with Crippen molar-refractivity contribution in [3.63, 3.8) is 0 Å². The third kappa shape index (κ3) is 7.64. The fraction of sp³-hybridized carbons (Fsp3) is 0.0833. The Morgan fingerprint density at radius 2 is 1.59 bits per heavy atom. The van der Waals surface area contributed by atoms with Gasteiger partial charge in [0.2, 0.25) is 0 Å². The Labute approximate surface area is 200 Å². The molecule has 174 valence electrons. The second-order valence-corrected chi connectivity index (χ2v) is 7.24. The Morgan fingerprint density at radius 1 is 0.882 bits per heavy atom. The highest BCUT2D eigenvalue weighted by molar-refractivity contribution is 6.39. The number of methoxy groups -OCH3 is 1. The van der Waals surface area contributed by atoms with Crippen LogP contribution in [0.25, 0.3) is 0 Å². The van der Waals surface area contributed by atoms with E-state index in [0.29, 0.717) is 33.5 Å². The highest BCUT2D eigenvalue weighted by atomic mass is 35.5. The number of carbonyl (C=O) groups is 3. The van der Waals surface area contributed by atoms with Gasteiger partial charge in [0.25, 0.3) is 5.91 Å². The summed E-state index contributed by atoms with van der Waals surface area (Å²) in [5.41, 5.74) is 3.79. The van der Waals surface area contributed by atoms with Crippen LogP contribution in [0.5, 0.6) is 11.5 Å². The third-order valence-electron chi connectivity index (χ3n) is 4.27. The van der Waals surface area contributed by atoms with E-state index in [1.54, 1.807) is 72.8 Å². The van der Waals surface area contributed by atoms with Crippen molar-refractivity contribution in [2.24, 2.45) is 5.10 Å². The number of amides is 3. The number of halogens is 1. The number of rotatable bonds is 8. The third-order valence-corrected chi connectivity index (χ3v) is 4.51.